The van der Waals surface area contributed by atoms with Crippen LogP contribution < -0.4 is 9.47 Å². The molecule has 2 aliphatic heterocycles. The number of likely N-dealkylation sites (tertiary alicyclic amines) is 1. The number of benzene rings is 1. The summed E-state index contributed by atoms with van der Waals surface area (Å²) in [6.45, 7) is 7.37. The molecule has 168 valence electrons. The van der Waals surface area contributed by atoms with E-state index in [9.17, 15) is 14.7 Å². The quantitative estimate of drug-likeness (QED) is 0.386. The van der Waals surface area contributed by atoms with Gasteiger partial charge in [-0.2, -0.15) is 0 Å². The number of Topliss-reactive ketones (excluding diaryl/α,β-unsaturated/α-hetero) is 1. The number of pyridine rings is 1. The van der Waals surface area contributed by atoms with Gasteiger partial charge in [0.2, 0.25) is 6.79 Å². The molecule has 2 aromatic rings. The van der Waals surface area contributed by atoms with Gasteiger partial charge < -0.3 is 24.4 Å². The van der Waals surface area contributed by atoms with Crippen LogP contribution in [0.15, 0.2) is 48.3 Å². The summed E-state index contributed by atoms with van der Waals surface area (Å²) >= 11 is 0. The van der Waals surface area contributed by atoms with E-state index < -0.39 is 17.7 Å². The molecular weight excluding hydrogens is 410 g/mol. The maximum atomic E-state index is 13.1. The van der Waals surface area contributed by atoms with Gasteiger partial charge in [-0.3, -0.25) is 14.6 Å². The topological polar surface area (TPSA) is 92.2 Å². The van der Waals surface area contributed by atoms with Crippen molar-refractivity contribution in [1.82, 2.24) is 14.8 Å². The predicted molar refractivity (Wildman–Crippen MR) is 118 cm³/mol. The molecule has 0 saturated carbocycles. The molecule has 3 heterocycles. The monoisotopic (exact) mass is 437 g/mol. The smallest absolute Gasteiger partial charge is 0.295 e. The maximum Gasteiger partial charge on any atom is 0.295 e. The summed E-state index contributed by atoms with van der Waals surface area (Å²) in [5, 5.41) is 11.1. The first kappa shape index (κ1) is 21.8. The standard InChI is InChI=1S/C24H27N3O5/c1-3-26(4-2)12-5-13-27-21(16-8-10-25-11-9-16)20(23(29)24(27)30)22(28)17-6-7-18-19(14-17)32-15-31-18/h6-11,14,21,28H,3-5,12-13,15H2,1-2H3/b22-20+. The summed E-state index contributed by atoms with van der Waals surface area (Å²) in [5.74, 6) is -0.458. The Morgan fingerprint density at radius 3 is 2.56 bits per heavy atom. The number of fused-ring (bicyclic) bond motifs is 1. The van der Waals surface area contributed by atoms with Crippen LogP contribution in [0.5, 0.6) is 11.5 Å². The van der Waals surface area contributed by atoms with Crippen LogP contribution in [0.2, 0.25) is 0 Å². The highest BCUT2D eigenvalue weighted by molar-refractivity contribution is 6.46. The van der Waals surface area contributed by atoms with Gasteiger partial charge in [-0.15, -0.1) is 0 Å². The highest BCUT2D eigenvalue weighted by atomic mass is 16.7. The molecule has 1 N–H and O–H groups in total. The van der Waals surface area contributed by atoms with E-state index in [2.05, 4.69) is 23.7 Å². The second-order valence-electron chi connectivity index (χ2n) is 7.72. The van der Waals surface area contributed by atoms with Gasteiger partial charge in [-0.1, -0.05) is 13.8 Å². The summed E-state index contributed by atoms with van der Waals surface area (Å²) in [6, 6.07) is 7.80. The van der Waals surface area contributed by atoms with Crippen LogP contribution in [0.4, 0.5) is 0 Å². The van der Waals surface area contributed by atoms with Gasteiger partial charge in [0.25, 0.3) is 11.7 Å². The van der Waals surface area contributed by atoms with Crippen molar-refractivity contribution in [2.24, 2.45) is 0 Å². The van der Waals surface area contributed by atoms with E-state index in [4.69, 9.17) is 9.47 Å². The van der Waals surface area contributed by atoms with E-state index >= 15 is 0 Å². The molecule has 0 aliphatic carbocycles. The minimum atomic E-state index is -0.690. The largest absolute Gasteiger partial charge is 0.507 e. The average Bonchev–Trinajstić information content (AvgIpc) is 3.39. The molecule has 8 heteroatoms. The molecule has 0 bridgehead atoms. The summed E-state index contributed by atoms with van der Waals surface area (Å²) < 4.78 is 10.7. The van der Waals surface area contributed by atoms with Crippen molar-refractivity contribution in [2.75, 3.05) is 33.0 Å². The summed E-state index contributed by atoms with van der Waals surface area (Å²) in [4.78, 5) is 33.9. The molecule has 0 radical (unpaired) electrons. The Labute approximate surface area is 187 Å². The number of hydrogen-bond donors (Lipinski definition) is 1. The Balaban J connectivity index is 1.71. The highest BCUT2D eigenvalue weighted by Gasteiger charge is 2.45. The number of aromatic nitrogens is 1. The molecule has 1 aromatic heterocycles. The van der Waals surface area contributed by atoms with Crippen molar-refractivity contribution in [2.45, 2.75) is 26.3 Å². The number of hydrogen-bond acceptors (Lipinski definition) is 7. The van der Waals surface area contributed by atoms with Crippen LogP contribution >= 0.6 is 0 Å². The van der Waals surface area contributed by atoms with Crippen molar-refractivity contribution < 1.29 is 24.2 Å². The molecule has 1 fully saturated rings. The molecule has 2 aliphatic rings. The Morgan fingerprint density at radius 1 is 1.12 bits per heavy atom. The normalized spacial score (nSPS) is 19.2. The zero-order chi connectivity index (χ0) is 22.7. The zero-order valence-corrected chi connectivity index (χ0v) is 18.3. The van der Waals surface area contributed by atoms with Gasteiger partial charge in [-0.05, 0) is 62.0 Å². The number of carbonyl (C=O) groups excluding carboxylic acids is 2. The van der Waals surface area contributed by atoms with E-state index in [1.54, 1.807) is 47.6 Å². The minimum absolute atomic E-state index is 0.0721. The first-order valence-corrected chi connectivity index (χ1v) is 10.9. The number of aliphatic hydroxyl groups excluding tert-OH is 1. The first-order valence-electron chi connectivity index (χ1n) is 10.9. The molecule has 32 heavy (non-hydrogen) atoms. The van der Waals surface area contributed by atoms with Crippen LogP contribution in [0.1, 0.15) is 37.4 Å². The minimum Gasteiger partial charge on any atom is -0.507 e. The Kier molecular flexibility index (Phi) is 6.41. The number of nitrogens with zero attached hydrogens (tertiary/aromatic N) is 3. The fourth-order valence-electron chi connectivity index (χ4n) is 4.21. The molecule has 0 spiro atoms. The third-order valence-corrected chi connectivity index (χ3v) is 5.98. The van der Waals surface area contributed by atoms with Crippen molar-refractivity contribution in [3.05, 3.63) is 59.4 Å². The maximum absolute atomic E-state index is 13.1. The van der Waals surface area contributed by atoms with Crippen molar-refractivity contribution in [3.8, 4) is 11.5 Å². The number of aliphatic hydroxyl groups is 1. The number of ketones is 1. The van der Waals surface area contributed by atoms with Crippen LogP contribution in [0, 0.1) is 0 Å². The molecule has 4 rings (SSSR count). The summed E-state index contributed by atoms with van der Waals surface area (Å²) in [7, 11) is 0. The number of rotatable bonds is 8. The highest BCUT2D eigenvalue weighted by Crippen LogP contribution is 2.41. The molecular formula is C24H27N3O5. The van der Waals surface area contributed by atoms with Crippen molar-refractivity contribution in [1.29, 1.82) is 0 Å². The second kappa shape index (κ2) is 9.40. The van der Waals surface area contributed by atoms with Crippen LogP contribution in [-0.2, 0) is 9.59 Å². The molecule has 8 nitrogen and oxygen atoms in total. The van der Waals surface area contributed by atoms with Gasteiger partial charge in [-0.25, -0.2) is 0 Å². The fourth-order valence-corrected chi connectivity index (χ4v) is 4.21. The van der Waals surface area contributed by atoms with E-state index in [0.717, 1.165) is 31.6 Å². The number of carbonyl (C=O) groups is 2. The summed E-state index contributed by atoms with van der Waals surface area (Å²) in [6.07, 6.45) is 3.96. The third kappa shape index (κ3) is 4.05. The van der Waals surface area contributed by atoms with E-state index in [1.807, 2.05) is 0 Å². The molecule has 1 amide bonds. The molecule has 1 atom stereocenters. The zero-order valence-electron chi connectivity index (χ0n) is 18.3. The van der Waals surface area contributed by atoms with Gasteiger partial charge in [0.1, 0.15) is 5.76 Å². The Morgan fingerprint density at radius 2 is 1.84 bits per heavy atom. The lowest BCUT2D eigenvalue weighted by Crippen LogP contribution is -2.33. The van der Waals surface area contributed by atoms with Gasteiger partial charge in [0, 0.05) is 24.5 Å². The second-order valence-corrected chi connectivity index (χ2v) is 7.72. The lowest BCUT2D eigenvalue weighted by molar-refractivity contribution is -0.140. The van der Waals surface area contributed by atoms with E-state index in [1.165, 1.54) is 0 Å². The van der Waals surface area contributed by atoms with Gasteiger partial charge >= 0.3 is 0 Å². The van der Waals surface area contributed by atoms with E-state index in [-0.39, 0.29) is 18.1 Å². The van der Waals surface area contributed by atoms with Crippen LogP contribution in [-0.4, -0.2) is 64.6 Å². The Hall–Kier alpha value is -3.39. The molecule has 1 unspecified atom stereocenters. The van der Waals surface area contributed by atoms with Crippen molar-refractivity contribution >= 4 is 17.4 Å². The molecule has 1 saturated heterocycles. The molecule has 1 aromatic carbocycles. The van der Waals surface area contributed by atoms with Crippen LogP contribution in [0.3, 0.4) is 0 Å². The fraction of sp³-hybridized carbons (Fsp3) is 0.375. The van der Waals surface area contributed by atoms with Gasteiger partial charge in [0.05, 0.1) is 11.6 Å². The number of amides is 1. The number of ether oxygens (including phenoxy) is 2. The Bertz CT molecular complexity index is 1030. The average molecular weight is 437 g/mol. The first-order chi connectivity index (χ1) is 15.5. The lowest BCUT2D eigenvalue weighted by atomic mass is 9.96. The van der Waals surface area contributed by atoms with Crippen molar-refractivity contribution in [3.63, 3.8) is 0 Å². The van der Waals surface area contributed by atoms with E-state index in [0.29, 0.717) is 23.6 Å². The van der Waals surface area contributed by atoms with Crippen LogP contribution in [0.25, 0.3) is 5.76 Å². The third-order valence-electron chi connectivity index (χ3n) is 5.98. The van der Waals surface area contributed by atoms with Gasteiger partial charge in [0.15, 0.2) is 11.5 Å². The summed E-state index contributed by atoms with van der Waals surface area (Å²) in [5.41, 5.74) is 1.20. The SMILES string of the molecule is CCN(CC)CCCN1C(=O)C(=O)/C(=C(/O)c2ccc3c(c2)OCO3)C1c1ccncc1. The predicted octanol–water partition coefficient (Wildman–Crippen LogP) is 2.96. The lowest BCUT2D eigenvalue weighted by Gasteiger charge is -2.26.